The van der Waals surface area contributed by atoms with Gasteiger partial charge in [-0.15, -0.1) is 0 Å². The number of nitrogens with zero attached hydrogens (tertiary/aromatic N) is 2. The minimum absolute atomic E-state index is 0.0915. The van der Waals surface area contributed by atoms with E-state index in [1.54, 1.807) is 7.11 Å². The van der Waals surface area contributed by atoms with E-state index in [4.69, 9.17) is 4.74 Å². The Morgan fingerprint density at radius 2 is 2.29 bits per heavy atom. The minimum atomic E-state index is -0.448. The Morgan fingerprint density at radius 3 is 2.94 bits per heavy atom. The topological polar surface area (TPSA) is 59.1 Å². The quantitative estimate of drug-likeness (QED) is 0.764. The predicted octanol–water partition coefficient (Wildman–Crippen LogP) is 1.88. The van der Waals surface area contributed by atoms with E-state index in [1.807, 2.05) is 13.8 Å². The van der Waals surface area contributed by atoms with Gasteiger partial charge >= 0.3 is 0 Å². The van der Waals surface area contributed by atoms with Crippen LogP contribution >= 0.6 is 0 Å². The first-order valence-corrected chi connectivity index (χ1v) is 5.69. The molecule has 0 aliphatic heterocycles. The van der Waals surface area contributed by atoms with Gasteiger partial charge < -0.3 is 15.4 Å². The molecule has 0 saturated carbocycles. The Labute approximate surface area is 101 Å². The third-order valence-corrected chi connectivity index (χ3v) is 2.22. The molecular weight excluding hydrogens is 223 g/mol. The maximum atomic E-state index is 13.4. The molecule has 1 heterocycles. The zero-order valence-corrected chi connectivity index (χ0v) is 10.5. The fourth-order valence-corrected chi connectivity index (χ4v) is 1.31. The lowest BCUT2D eigenvalue weighted by Crippen LogP contribution is -2.19. The lowest BCUT2D eigenvalue weighted by atomic mass is 10.2. The lowest BCUT2D eigenvalue weighted by molar-refractivity contribution is 0.191. The highest BCUT2D eigenvalue weighted by atomic mass is 19.1. The second-order valence-corrected chi connectivity index (χ2v) is 3.75. The van der Waals surface area contributed by atoms with Gasteiger partial charge in [-0.2, -0.15) is 4.98 Å². The van der Waals surface area contributed by atoms with E-state index in [-0.39, 0.29) is 11.9 Å². The van der Waals surface area contributed by atoms with E-state index in [0.29, 0.717) is 19.1 Å². The summed E-state index contributed by atoms with van der Waals surface area (Å²) in [5, 5.41) is 5.94. The number of hydrogen-bond donors (Lipinski definition) is 2. The highest BCUT2D eigenvalue weighted by Gasteiger charge is 2.09. The van der Waals surface area contributed by atoms with Crippen molar-refractivity contribution in [1.29, 1.82) is 0 Å². The smallest absolute Gasteiger partial charge is 0.224 e. The van der Waals surface area contributed by atoms with Gasteiger partial charge in [0.05, 0.1) is 6.20 Å². The predicted molar refractivity (Wildman–Crippen MR) is 65.7 cm³/mol. The summed E-state index contributed by atoms with van der Waals surface area (Å²) in [6, 6.07) is 0.0915. The van der Waals surface area contributed by atoms with Crippen LogP contribution in [0.1, 0.15) is 20.3 Å². The summed E-state index contributed by atoms with van der Waals surface area (Å²) in [5.74, 6) is 0.200. The molecule has 0 spiro atoms. The van der Waals surface area contributed by atoms with E-state index >= 15 is 0 Å². The van der Waals surface area contributed by atoms with E-state index in [0.717, 1.165) is 12.6 Å². The van der Waals surface area contributed by atoms with Crippen molar-refractivity contribution in [3.63, 3.8) is 0 Å². The standard InChI is InChI=1S/C11H19FN4O/c1-4-13-11-14-7-9(12)10(16-11)15-8(2)5-6-17-3/h7-8H,4-6H2,1-3H3,(H2,13,14,15,16). The van der Waals surface area contributed by atoms with Crippen LogP contribution in [-0.4, -0.2) is 36.3 Å². The highest BCUT2D eigenvalue weighted by Crippen LogP contribution is 2.13. The Kier molecular flexibility index (Phi) is 5.62. The van der Waals surface area contributed by atoms with Crippen LogP contribution in [0.25, 0.3) is 0 Å². The number of hydrogen-bond acceptors (Lipinski definition) is 5. The average molecular weight is 242 g/mol. The molecule has 5 nitrogen and oxygen atoms in total. The highest BCUT2D eigenvalue weighted by molar-refractivity contribution is 5.41. The van der Waals surface area contributed by atoms with Crippen LogP contribution in [0.5, 0.6) is 0 Å². The summed E-state index contributed by atoms with van der Waals surface area (Å²) in [6.07, 6.45) is 1.95. The fourth-order valence-electron chi connectivity index (χ4n) is 1.31. The van der Waals surface area contributed by atoms with Crippen molar-refractivity contribution in [2.75, 3.05) is 30.9 Å². The van der Waals surface area contributed by atoms with E-state index < -0.39 is 5.82 Å². The number of halogens is 1. The Balaban J connectivity index is 2.64. The van der Waals surface area contributed by atoms with E-state index in [1.165, 1.54) is 0 Å². The third kappa shape index (κ3) is 4.52. The largest absolute Gasteiger partial charge is 0.385 e. The molecule has 0 bridgehead atoms. The van der Waals surface area contributed by atoms with Gasteiger partial charge in [-0.25, -0.2) is 9.37 Å². The first-order valence-electron chi connectivity index (χ1n) is 5.69. The molecule has 17 heavy (non-hydrogen) atoms. The number of rotatable bonds is 7. The summed E-state index contributed by atoms with van der Waals surface area (Å²) in [5.41, 5.74) is 0. The van der Waals surface area contributed by atoms with Gasteiger partial charge in [0.2, 0.25) is 5.95 Å². The molecular formula is C11H19FN4O. The molecule has 1 aromatic heterocycles. The summed E-state index contributed by atoms with van der Waals surface area (Å²) < 4.78 is 18.4. The van der Waals surface area contributed by atoms with Crippen molar-refractivity contribution in [2.45, 2.75) is 26.3 Å². The van der Waals surface area contributed by atoms with E-state index in [9.17, 15) is 4.39 Å². The van der Waals surface area contributed by atoms with Crippen LogP contribution in [0.4, 0.5) is 16.2 Å². The molecule has 0 fully saturated rings. The average Bonchev–Trinajstić information content (AvgIpc) is 2.31. The van der Waals surface area contributed by atoms with Gasteiger partial charge in [0, 0.05) is 26.3 Å². The van der Waals surface area contributed by atoms with Gasteiger partial charge in [0.15, 0.2) is 11.6 Å². The number of anilines is 2. The van der Waals surface area contributed by atoms with Crippen molar-refractivity contribution in [3.05, 3.63) is 12.0 Å². The van der Waals surface area contributed by atoms with Crippen molar-refractivity contribution < 1.29 is 9.13 Å². The van der Waals surface area contributed by atoms with Gasteiger partial charge in [0.1, 0.15) is 0 Å². The molecule has 0 aromatic carbocycles. The molecule has 1 unspecified atom stereocenters. The monoisotopic (exact) mass is 242 g/mol. The van der Waals surface area contributed by atoms with Crippen molar-refractivity contribution in [3.8, 4) is 0 Å². The van der Waals surface area contributed by atoms with E-state index in [2.05, 4.69) is 20.6 Å². The third-order valence-electron chi connectivity index (χ3n) is 2.22. The van der Waals surface area contributed by atoms with Crippen LogP contribution in [0.15, 0.2) is 6.20 Å². The summed E-state index contributed by atoms with van der Waals surface area (Å²) in [7, 11) is 1.64. The van der Waals surface area contributed by atoms with Crippen LogP contribution in [0.2, 0.25) is 0 Å². The van der Waals surface area contributed by atoms with Crippen LogP contribution < -0.4 is 10.6 Å². The fraction of sp³-hybridized carbons (Fsp3) is 0.636. The second kappa shape index (κ2) is 7.01. The van der Waals surface area contributed by atoms with Crippen LogP contribution in [-0.2, 0) is 4.74 Å². The molecule has 0 radical (unpaired) electrons. The Hall–Kier alpha value is -1.43. The van der Waals surface area contributed by atoms with Gasteiger partial charge in [-0.3, -0.25) is 0 Å². The second-order valence-electron chi connectivity index (χ2n) is 3.75. The maximum Gasteiger partial charge on any atom is 0.224 e. The maximum absolute atomic E-state index is 13.4. The molecule has 0 aliphatic carbocycles. The minimum Gasteiger partial charge on any atom is -0.385 e. The summed E-state index contributed by atoms with van der Waals surface area (Å²) >= 11 is 0. The zero-order chi connectivity index (χ0) is 12.7. The normalized spacial score (nSPS) is 12.2. The first kappa shape index (κ1) is 13.6. The molecule has 96 valence electrons. The number of aromatic nitrogens is 2. The first-order chi connectivity index (χ1) is 8.17. The molecule has 1 aromatic rings. The van der Waals surface area contributed by atoms with Gasteiger partial charge in [0.25, 0.3) is 0 Å². The molecule has 0 aliphatic rings. The SMILES string of the molecule is CCNc1ncc(F)c(NC(C)CCOC)n1. The van der Waals surface area contributed by atoms with Gasteiger partial charge in [-0.05, 0) is 20.3 Å². The number of methoxy groups -OCH3 is 1. The van der Waals surface area contributed by atoms with Crippen LogP contribution in [0, 0.1) is 5.82 Å². The number of ether oxygens (including phenoxy) is 1. The van der Waals surface area contributed by atoms with Crippen molar-refractivity contribution >= 4 is 11.8 Å². The Morgan fingerprint density at radius 1 is 1.53 bits per heavy atom. The Bertz CT molecular complexity index is 348. The molecule has 1 rings (SSSR count). The number of nitrogens with one attached hydrogen (secondary N) is 2. The summed E-state index contributed by atoms with van der Waals surface area (Å²) in [4.78, 5) is 7.90. The summed E-state index contributed by atoms with van der Waals surface area (Å²) in [6.45, 7) is 5.21. The zero-order valence-electron chi connectivity index (χ0n) is 10.5. The molecule has 0 saturated heterocycles. The van der Waals surface area contributed by atoms with Crippen molar-refractivity contribution in [1.82, 2.24) is 9.97 Å². The molecule has 2 N–H and O–H groups in total. The molecule has 6 heteroatoms. The lowest BCUT2D eigenvalue weighted by Gasteiger charge is -2.14. The van der Waals surface area contributed by atoms with Crippen molar-refractivity contribution in [2.24, 2.45) is 0 Å². The van der Waals surface area contributed by atoms with Crippen LogP contribution in [0.3, 0.4) is 0 Å². The molecule has 0 amide bonds. The molecule has 1 atom stereocenters. The van der Waals surface area contributed by atoms with Gasteiger partial charge in [-0.1, -0.05) is 0 Å².